The zero-order valence-corrected chi connectivity index (χ0v) is 9.22. The van der Waals surface area contributed by atoms with Gasteiger partial charge in [0, 0.05) is 18.4 Å². The first kappa shape index (κ1) is 9.78. The topological polar surface area (TPSA) is 42.4 Å². The third kappa shape index (κ3) is 1.50. The summed E-state index contributed by atoms with van der Waals surface area (Å²) in [5.74, 6) is 0.0864. The number of hydrogen-bond donors (Lipinski definition) is 0. The average molecular weight is 218 g/mol. The quantitative estimate of drug-likeness (QED) is 0.706. The molecule has 0 saturated carbocycles. The number of aromatic nitrogens is 1. The first-order chi connectivity index (χ1) is 7.74. The van der Waals surface area contributed by atoms with Gasteiger partial charge in [-0.15, -0.1) is 0 Å². The smallest absolute Gasteiger partial charge is 0.255 e. The summed E-state index contributed by atoms with van der Waals surface area (Å²) in [5, 5.41) is 0. The van der Waals surface area contributed by atoms with Gasteiger partial charge in [-0.3, -0.25) is 9.78 Å². The van der Waals surface area contributed by atoms with E-state index < -0.39 is 0 Å². The van der Waals surface area contributed by atoms with Crippen LogP contribution in [0.5, 0.6) is 0 Å². The standard InChI is InChI=1S/C12H14N2O2/c1-8-2-3-9(5-13-8)12(15)14-6-11-4-10(14)7-16-11/h2-3,5,10-11H,4,6-7H2,1H3. The third-order valence-electron chi connectivity index (χ3n) is 3.32. The van der Waals surface area contributed by atoms with Crippen molar-refractivity contribution in [2.75, 3.05) is 13.2 Å². The van der Waals surface area contributed by atoms with Crippen LogP contribution in [0.4, 0.5) is 0 Å². The van der Waals surface area contributed by atoms with Crippen molar-refractivity contribution in [3.63, 3.8) is 0 Å². The van der Waals surface area contributed by atoms with E-state index in [9.17, 15) is 4.79 Å². The molecule has 4 nitrogen and oxygen atoms in total. The number of ether oxygens (including phenoxy) is 1. The molecule has 2 saturated heterocycles. The van der Waals surface area contributed by atoms with E-state index in [0.717, 1.165) is 18.7 Å². The van der Waals surface area contributed by atoms with Crippen LogP contribution in [0.2, 0.25) is 0 Å². The summed E-state index contributed by atoms with van der Waals surface area (Å²) in [6, 6.07) is 3.99. The molecule has 3 heterocycles. The molecule has 1 amide bonds. The molecule has 4 heteroatoms. The van der Waals surface area contributed by atoms with Gasteiger partial charge in [-0.2, -0.15) is 0 Å². The molecule has 0 N–H and O–H groups in total. The minimum Gasteiger partial charge on any atom is -0.374 e. The summed E-state index contributed by atoms with van der Waals surface area (Å²) in [5.41, 5.74) is 1.61. The van der Waals surface area contributed by atoms with E-state index in [4.69, 9.17) is 4.74 Å². The van der Waals surface area contributed by atoms with Crippen molar-refractivity contribution >= 4 is 5.91 Å². The SMILES string of the molecule is Cc1ccc(C(=O)N2CC3CC2CO3)cn1. The first-order valence-electron chi connectivity index (χ1n) is 5.59. The Morgan fingerprint density at radius 3 is 3.00 bits per heavy atom. The van der Waals surface area contributed by atoms with Gasteiger partial charge in [0.25, 0.3) is 5.91 Å². The molecule has 3 rings (SSSR count). The van der Waals surface area contributed by atoms with Crippen molar-refractivity contribution in [3.8, 4) is 0 Å². The number of carbonyl (C=O) groups excluding carboxylic acids is 1. The predicted octanol–water partition coefficient (Wildman–Crippen LogP) is 1.00. The Hall–Kier alpha value is -1.42. The van der Waals surface area contributed by atoms with E-state index in [1.54, 1.807) is 6.20 Å². The number of aryl methyl sites for hydroxylation is 1. The van der Waals surface area contributed by atoms with E-state index in [-0.39, 0.29) is 18.1 Å². The second kappa shape index (κ2) is 3.56. The van der Waals surface area contributed by atoms with Crippen LogP contribution in [0.25, 0.3) is 0 Å². The van der Waals surface area contributed by atoms with Gasteiger partial charge in [0.05, 0.1) is 24.3 Å². The average Bonchev–Trinajstić information content (AvgIpc) is 2.91. The number of fused-ring (bicyclic) bond motifs is 2. The third-order valence-corrected chi connectivity index (χ3v) is 3.32. The van der Waals surface area contributed by atoms with Crippen molar-refractivity contribution in [1.82, 2.24) is 9.88 Å². The number of amides is 1. The second-order valence-corrected chi connectivity index (χ2v) is 4.49. The van der Waals surface area contributed by atoms with E-state index in [2.05, 4.69) is 4.98 Å². The highest BCUT2D eigenvalue weighted by Gasteiger charge is 2.41. The molecule has 1 aromatic rings. The van der Waals surface area contributed by atoms with Crippen LogP contribution in [0.3, 0.4) is 0 Å². The highest BCUT2D eigenvalue weighted by molar-refractivity contribution is 5.94. The minimum absolute atomic E-state index is 0.0864. The molecule has 2 bridgehead atoms. The van der Waals surface area contributed by atoms with Crippen LogP contribution < -0.4 is 0 Å². The molecule has 1 aromatic heterocycles. The molecule has 2 aliphatic rings. The molecule has 2 atom stereocenters. The number of pyridine rings is 1. The summed E-state index contributed by atoms with van der Waals surface area (Å²) in [6.45, 7) is 3.34. The fourth-order valence-corrected chi connectivity index (χ4v) is 2.41. The van der Waals surface area contributed by atoms with Crippen LogP contribution in [0.15, 0.2) is 18.3 Å². The highest BCUT2D eigenvalue weighted by atomic mass is 16.5. The van der Waals surface area contributed by atoms with E-state index in [1.165, 1.54) is 0 Å². The number of carbonyl (C=O) groups is 1. The Balaban J connectivity index is 1.80. The predicted molar refractivity (Wildman–Crippen MR) is 58.2 cm³/mol. The van der Waals surface area contributed by atoms with Gasteiger partial charge in [0.15, 0.2) is 0 Å². The Labute approximate surface area is 94.2 Å². The van der Waals surface area contributed by atoms with Gasteiger partial charge in [0.1, 0.15) is 0 Å². The lowest BCUT2D eigenvalue weighted by Gasteiger charge is -2.26. The van der Waals surface area contributed by atoms with Crippen molar-refractivity contribution in [1.29, 1.82) is 0 Å². The van der Waals surface area contributed by atoms with E-state index in [0.29, 0.717) is 12.2 Å². The first-order valence-corrected chi connectivity index (χ1v) is 5.59. The molecule has 84 valence electrons. The van der Waals surface area contributed by atoms with Gasteiger partial charge in [-0.25, -0.2) is 0 Å². The van der Waals surface area contributed by atoms with Crippen LogP contribution >= 0.6 is 0 Å². The Bertz CT molecular complexity index is 416. The Morgan fingerprint density at radius 1 is 1.56 bits per heavy atom. The monoisotopic (exact) mass is 218 g/mol. The highest BCUT2D eigenvalue weighted by Crippen LogP contribution is 2.28. The number of rotatable bonds is 1. The van der Waals surface area contributed by atoms with Gasteiger partial charge < -0.3 is 9.64 Å². The van der Waals surface area contributed by atoms with Crippen LogP contribution in [0, 0.1) is 6.92 Å². The number of nitrogens with zero attached hydrogens (tertiary/aromatic N) is 2. The normalized spacial score (nSPS) is 27.4. The molecule has 0 aromatic carbocycles. The van der Waals surface area contributed by atoms with Gasteiger partial charge in [-0.05, 0) is 25.5 Å². The maximum absolute atomic E-state index is 12.2. The molecule has 16 heavy (non-hydrogen) atoms. The fourth-order valence-electron chi connectivity index (χ4n) is 2.41. The van der Waals surface area contributed by atoms with Crippen LogP contribution in [0.1, 0.15) is 22.5 Å². The summed E-state index contributed by atoms with van der Waals surface area (Å²) >= 11 is 0. The summed E-state index contributed by atoms with van der Waals surface area (Å²) < 4.78 is 5.48. The zero-order valence-electron chi connectivity index (χ0n) is 9.22. The minimum atomic E-state index is 0.0864. The van der Waals surface area contributed by atoms with Crippen molar-refractivity contribution < 1.29 is 9.53 Å². The zero-order chi connectivity index (χ0) is 11.1. The molecule has 2 fully saturated rings. The molecular weight excluding hydrogens is 204 g/mol. The summed E-state index contributed by atoms with van der Waals surface area (Å²) in [7, 11) is 0. The number of morpholine rings is 1. The second-order valence-electron chi connectivity index (χ2n) is 4.49. The molecule has 0 spiro atoms. The Morgan fingerprint density at radius 2 is 2.44 bits per heavy atom. The largest absolute Gasteiger partial charge is 0.374 e. The molecule has 2 aliphatic heterocycles. The summed E-state index contributed by atoms with van der Waals surface area (Å²) in [6.07, 6.45) is 2.91. The number of hydrogen-bond acceptors (Lipinski definition) is 3. The molecule has 0 aliphatic carbocycles. The van der Waals surface area contributed by atoms with Crippen molar-refractivity contribution in [3.05, 3.63) is 29.6 Å². The van der Waals surface area contributed by atoms with Crippen molar-refractivity contribution in [2.24, 2.45) is 0 Å². The van der Waals surface area contributed by atoms with Gasteiger partial charge >= 0.3 is 0 Å². The fraction of sp³-hybridized carbons (Fsp3) is 0.500. The lowest BCUT2D eigenvalue weighted by atomic mass is 10.2. The molecule has 0 radical (unpaired) electrons. The lowest BCUT2D eigenvalue weighted by Crippen LogP contribution is -2.41. The molecular formula is C12H14N2O2. The van der Waals surface area contributed by atoms with E-state index in [1.807, 2.05) is 24.0 Å². The van der Waals surface area contributed by atoms with Crippen LogP contribution in [-0.4, -0.2) is 41.1 Å². The Kier molecular flexibility index (Phi) is 2.17. The maximum Gasteiger partial charge on any atom is 0.255 e. The van der Waals surface area contributed by atoms with Crippen LogP contribution in [-0.2, 0) is 4.74 Å². The lowest BCUT2D eigenvalue weighted by molar-refractivity contribution is 0.0259. The van der Waals surface area contributed by atoms with Gasteiger partial charge in [0.2, 0.25) is 0 Å². The van der Waals surface area contributed by atoms with Crippen molar-refractivity contribution in [2.45, 2.75) is 25.5 Å². The molecule has 2 unspecified atom stereocenters. The van der Waals surface area contributed by atoms with E-state index >= 15 is 0 Å². The van der Waals surface area contributed by atoms with Gasteiger partial charge in [-0.1, -0.05) is 0 Å². The maximum atomic E-state index is 12.2. The summed E-state index contributed by atoms with van der Waals surface area (Å²) in [4.78, 5) is 18.3. The number of likely N-dealkylation sites (tertiary alicyclic amines) is 1.